The van der Waals surface area contributed by atoms with Gasteiger partial charge in [-0.1, -0.05) is 37.7 Å². The number of hydrogen-bond donors (Lipinski definition) is 1. The highest BCUT2D eigenvalue weighted by Crippen LogP contribution is 2.20. The molecule has 0 atom stereocenters. The Kier molecular flexibility index (Phi) is 6.37. The number of nitrogens with zero attached hydrogens (tertiary/aromatic N) is 2. The summed E-state index contributed by atoms with van der Waals surface area (Å²) in [6, 6.07) is 8.03. The Morgan fingerprint density at radius 2 is 1.88 bits per heavy atom. The van der Waals surface area contributed by atoms with Crippen LogP contribution in [-0.4, -0.2) is 22.1 Å². The minimum atomic E-state index is 0.0173. The molecule has 5 heteroatoms. The third kappa shape index (κ3) is 4.81. The van der Waals surface area contributed by atoms with Gasteiger partial charge in [0.25, 0.3) is 0 Å². The fourth-order valence-corrected chi connectivity index (χ4v) is 3.06. The van der Waals surface area contributed by atoms with Gasteiger partial charge in [0, 0.05) is 23.5 Å². The van der Waals surface area contributed by atoms with E-state index in [1.165, 1.54) is 17.3 Å². The van der Waals surface area contributed by atoms with Crippen molar-refractivity contribution in [2.75, 3.05) is 11.6 Å². The monoisotopic (exact) mass is 343 g/mol. The molecule has 0 radical (unpaired) electrons. The van der Waals surface area contributed by atoms with E-state index in [9.17, 15) is 4.79 Å². The second-order valence-electron chi connectivity index (χ2n) is 6.19. The van der Waals surface area contributed by atoms with E-state index in [4.69, 9.17) is 0 Å². The minimum absolute atomic E-state index is 0.0173. The SMILES string of the molecule is CSc1nc(C)c(CCC(=O)Nc2cccc(C(C)C)c2)c(C)n1. The molecule has 0 aliphatic rings. The standard InChI is InChI=1S/C19H25N3OS/c1-12(2)15-7-6-8-16(11-15)22-18(23)10-9-17-13(3)20-19(24-5)21-14(17)4/h6-8,11-12H,9-10H2,1-5H3,(H,22,23). The van der Waals surface area contributed by atoms with E-state index >= 15 is 0 Å². The molecule has 1 N–H and O–H groups in total. The maximum atomic E-state index is 12.3. The third-order valence-electron chi connectivity index (χ3n) is 4.02. The number of hydrogen-bond acceptors (Lipinski definition) is 4. The molecule has 1 heterocycles. The lowest BCUT2D eigenvalue weighted by molar-refractivity contribution is -0.116. The Bertz CT molecular complexity index is 705. The first kappa shape index (κ1) is 18.5. The van der Waals surface area contributed by atoms with Crippen LogP contribution in [0.25, 0.3) is 0 Å². The molecule has 0 unspecified atom stereocenters. The average Bonchev–Trinajstić information content (AvgIpc) is 2.54. The topological polar surface area (TPSA) is 54.9 Å². The Morgan fingerprint density at radius 3 is 2.46 bits per heavy atom. The molecule has 0 saturated heterocycles. The van der Waals surface area contributed by atoms with E-state index in [1.807, 2.05) is 38.3 Å². The predicted molar refractivity (Wildman–Crippen MR) is 101 cm³/mol. The average molecular weight is 343 g/mol. The van der Waals surface area contributed by atoms with Crippen molar-refractivity contribution < 1.29 is 4.79 Å². The van der Waals surface area contributed by atoms with Gasteiger partial charge in [0.05, 0.1) is 0 Å². The van der Waals surface area contributed by atoms with Gasteiger partial charge in [-0.05, 0) is 55.7 Å². The van der Waals surface area contributed by atoms with Crippen molar-refractivity contribution in [1.29, 1.82) is 0 Å². The van der Waals surface area contributed by atoms with Crippen molar-refractivity contribution in [2.45, 2.75) is 51.6 Å². The van der Waals surface area contributed by atoms with Crippen molar-refractivity contribution >= 4 is 23.4 Å². The van der Waals surface area contributed by atoms with Gasteiger partial charge in [0.2, 0.25) is 5.91 Å². The van der Waals surface area contributed by atoms with Crippen LogP contribution < -0.4 is 5.32 Å². The first-order valence-corrected chi connectivity index (χ1v) is 9.41. The molecule has 128 valence electrons. The number of aryl methyl sites for hydroxylation is 2. The van der Waals surface area contributed by atoms with Crippen LogP contribution in [0.3, 0.4) is 0 Å². The number of aromatic nitrogens is 2. The van der Waals surface area contributed by atoms with Crippen LogP contribution in [0.2, 0.25) is 0 Å². The second-order valence-corrected chi connectivity index (χ2v) is 6.96. The smallest absolute Gasteiger partial charge is 0.224 e. The zero-order valence-electron chi connectivity index (χ0n) is 15.0. The van der Waals surface area contributed by atoms with Crippen molar-refractivity contribution in [2.24, 2.45) is 0 Å². The lowest BCUT2D eigenvalue weighted by atomic mass is 10.0. The molecule has 0 bridgehead atoms. The van der Waals surface area contributed by atoms with Crippen LogP contribution in [0.1, 0.15) is 48.7 Å². The van der Waals surface area contributed by atoms with Gasteiger partial charge in [-0.25, -0.2) is 9.97 Å². The molecule has 0 fully saturated rings. The third-order valence-corrected chi connectivity index (χ3v) is 4.57. The van der Waals surface area contributed by atoms with Gasteiger partial charge in [-0.3, -0.25) is 4.79 Å². The molecule has 4 nitrogen and oxygen atoms in total. The zero-order chi connectivity index (χ0) is 17.7. The van der Waals surface area contributed by atoms with Crippen LogP contribution in [0, 0.1) is 13.8 Å². The summed E-state index contributed by atoms with van der Waals surface area (Å²) < 4.78 is 0. The summed E-state index contributed by atoms with van der Waals surface area (Å²) in [7, 11) is 0. The summed E-state index contributed by atoms with van der Waals surface area (Å²) in [6.07, 6.45) is 3.05. The number of carbonyl (C=O) groups excluding carboxylic acids is 1. The molecule has 2 rings (SSSR count). The largest absolute Gasteiger partial charge is 0.326 e. The first-order valence-electron chi connectivity index (χ1n) is 8.18. The minimum Gasteiger partial charge on any atom is -0.326 e. The number of amides is 1. The summed E-state index contributed by atoms with van der Waals surface area (Å²) in [5.41, 5.74) is 5.07. The first-order chi connectivity index (χ1) is 11.4. The molecule has 1 aromatic carbocycles. The lowest BCUT2D eigenvalue weighted by Gasteiger charge is -2.11. The molecule has 1 amide bonds. The van der Waals surface area contributed by atoms with Gasteiger partial charge in [0.15, 0.2) is 5.16 Å². The van der Waals surface area contributed by atoms with Crippen LogP contribution in [0.4, 0.5) is 5.69 Å². The van der Waals surface area contributed by atoms with E-state index < -0.39 is 0 Å². The lowest BCUT2D eigenvalue weighted by Crippen LogP contribution is -2.14. The van der Waals surface area contributed by atoms with E-state index in [0.717, 1.165) is 27.8 Å². The summed E-state index contributed by atoms with van der Waals surface area (Å²) in [5, 5.41) is 3.77. The Balaban J connectivity index is 2.00. The highest BCUT2D eigenvalue weighted by atomic mass is 32.2. The molecule has 0 spiro atoms. The van der Waals surface area contributed by atoms with Crippen LogP contribution in [0.15, 0.2) is 29.4 Å². The van der Waals surface area contributed by atoms with Crippen molar-refractivity contribution in [3.05, 3.63) is 46.8 Å². The number of carbonyl (C=O) groups is 1. The highest BCUT2D eigenvalue weighted by Gasteiger charge is 2.11. The predicted octanol–water partition coefficient (Wildman–Crippen LogP) is 4.51. The van der Waals surface area contributed by atoms with Crippen molar-refractivity contribution in [1.82, 2.24) is 9.97 Å². The number of benzene rings is 1. The Labute approximate surface area is 148 Å². The fourth-order valence-electron chi connectivity index (χ4n) is 2.60. The van der Waals surface area contributed by atoms with E-state index in [1.54, 1.807) is 0 Å². The summed E-state index contributed by atoms with van der Waals surface area (Å²) in [6.45, 7) is 8.25. The van der Waals surface area contributed by atoms with Gasteiger partial charge in [0.1, 0.15) is 0 Å². The number of nitrogens with one attached hydrogen (secondary N) is 1. The molecule has 0 saturated carbocycles. The molecule has 24 heavy (non-hydrogen) atoms. The van der Waals surface area contributed by atoms with Gasteiger partial charge in [-0.15, -0.1) is 0 Å². The Hall–Kier alpha value is -1.88. The quantitative estimate of drug-likeness (QED) is 0.619. The molecule has 1 aromatic heterocycles. The number of anilines is 1. The summed E-state index contributed by atoms with van der Waals surface area (Å²) >= 11 is 1.53. The van der Waals surface area contributed by atoms with E-state index in [2.05, 4.69) is 35.2 Å². The van der Waals surface area contributed by atoms with Gasteiger partial charge < -0.3 is 5.32 Å². The number of thioether (sulfide) groups is 1. The van der Waals surface area contributed by atoms with Gasteiger partial charge in [-0.2, -0.15) is 0 Å². The van der Waals surface area contributed by atoms with Gasteiger partial charge >= 0.3 is 0 Å². The molecule has 2 aromatic rings. The van der Waals surface area contributed by atoms with Crippen molar-refractivity contribution in [3.63, 3.8) is 0 Å². The summed E-state index contributed by atoms with van der Waals surface area (Å²) in [4.78, 5) is 21.2. The second kappa shape index (κ2) is 8.29. The molecule has 0 aliphatic heterocycles. The number of rotatable bonds is 6. The van der Waals surface area contributed by atoms with E-state index in [-0.39, 0.29) is 5.91 Å². The summed E-state index contributed by atoms with van der Waals surface area (Å²) in [5.74, 6) is 0.461. The zero-order valence-corrected chi connectivity index (χ0v) is 15.8. The van der Waals surface area contributed by atoms with Crippen LogP contribution >= 0.6 is 11.8 Å². The van der Waals surface area contributed by atoms with Crippen molar-refractivity contribution in [3.8, 4) is 0 Å². The maximum absolute atomic E-state index is 12.3. The molecular weight excluding hydrogens is 318 g/mol. The van der Waals surface area contributed by atoms with Crippen LogP contribution in [0.5, 0.6) is 0 Å². The molecular formula is C19H25N3OS. The maximum Gasteiger partial charge on any atom is 0.224 e. The normalized spacial score (nSPS) is 10.9. The van der Waals surface area contributed by atoms with Crippen LogP contribution in [-0.2, 0) is 11.2 Å². The van der Waals surface area contributed by atoms with E-state index in [0.29, 0.717) is 18.8 Å². The Morgan fingerprint density at radius 1 is 1.21 bits per heavy atom. The fraction of sp³-hybridized carbons (Fsp3) is 0.421. The molecule has 0 aliphatic carbocycles. The highest BCUT2D eigenvalue weighted by molar-refractivity contribution is 7.98.